The summed E-state index contributed by atoms with van der Waals surface area (Å²) in [5.74, 6) is 1.46. The molecule has 2 heterocycles. The van der Waals surface area contributed by atoms with Gasteiger partial charge in [0.05, 0.1) is 30.8 Å². The van der Waals surface area contributed by atoms with E-state index in [9.17, 15) is 4.79 Å². The van der Waals surface area contributed by atoms with E-state index in [2.05, 4.69) is 21.0 Å². The highest BCUT2D eigenvalue weighted by atomic mass is 79.9. The van der Waals surface area contributed by atoms with Crippen LogP contribution in [-0.2, 0) is 0 Å². The van der Waals surface area contributed by atoms with Crippen molar-refractivity contribution in [2.24, 2.45) is 5.10 Å². The predicted octanol–water partition coefficient (Wildman–Crippen LogP) is 7.17. The lowest BCUT2D eigenvalue weighted by Crippen LogP contribution is -2.20. The normalized spacial score (nSPS) is 11.6. The van der Waals surface area contributed by atoms with Gasteiger partial charge in [-0.25, -0.2) is 4.98 Å². The molecular formula is C26H18BrCl2N3O4. The van der Waals surface area contributed by atoms with Crippen molar-refractivity contribution in [3.63, 3.8) is 0 Å². The number of halogens is 3. The molecule has 0 N–H and O–H groups in total. The molecule has 0 bridgehead atoms. The van der Waals surface area contributed by atoms with Gasteiger partial charge in [-0.3, -0.25) is 4.79 Å². The van der Waals surface area contributed by atoms with Crippen LogP contribution in [0.2, 0.25) is 10.0 Å². The highest BCUT2D eigenvalue weighted by molar-refractivity contribution is 9.10. The van der Waals surface area contributed by atoms with Crippen LogP contribution in [0.5, 0.6) is 11.5 Å². The minimum absolute atomic E-state index is 0.239. The maximum Gasteiger partial charge on any atom is 0.282 e. The number of fused-ring (bicyclic) bond motifs is 2. The molecule has 10 heteroatoms. The van der Waals surface area contributed by atoms with Crippen LogP contribution >= 0.6 is 39.1 Å². The number of methoxy groups -OCH3 is 1. The summed E-state index contributed by atoms with van der Waals surface area (Å²) in [6.45, 7) is 2.27. The predicted molar refractivity (Wildman–Crippen MR) is 146 cm³/mol. The molecule has 7 nitrogen and oxygen atoms in total. The fraction of sp³-hybridized carbons (Fsp3) is 0.115. The Morgan fingerprint density at radius 2 is 1.97 bits per heavy atom. The van der Waals surface area contributed by atoms with Crippen molar-refractivity contribution in [3.8, 4) is 23.1 Å². The van der Waals surface area contributed by atoms with Crippen LogP contribution in [0, 0.1) is 0 Å². The Labute approximate surface area is 224 Å². The molecule has 0 aliphatic rings. The van der Waals surface area contributed by atoms with Gasteiger partial charge in [0, 0.05) is 20.4 Å². The Hall–Kier alpha value is -3.33. The molecule has 36 heavy (non-hydrogen) atoms. The van der Waals surface area contributed by atoms with Gasteiger partial charge in [0.25, 0.3) is 5.56 Å². The Morgan fingerprint density at radius 1 is 1.17 bits per heavy atom. The molecule has 0 spiro atoms. The first kappa shape index (κ1) is 24.4. The zero-order valence-corrected chi connectivity index (χ0v) is 22.2. The van der Waals surface area contributed by atoms with Crippen molar-refractivity contribution >= 4 is 67.2 Å². The molecule has 0 aliphatic carbocycles. The summed E-state index contributed by atoms with van der Waals surface area (Å²) in [6, 6.07) is 15.8. The Bertz CT molecular complexity index is 1710. The SMILES string of the molecule is CCOc1cc(C=Nn2c(-c3cc4cc(Cl)ccc4o3)nc3ccccc3c2=O)c(Br)c(Cl)c1OC. The van der Waals surface area contributed by atoms with Crippen LogP contribution in [0.3, 0.4) is 0 Å². The maximum atomic E-state index is 13.5. The number of furan rings is 1. The minimum atomic E-state index is -0.355. The first-order chi connectivity index (χ1) is 17.4. The summed E-state index contributed by atoms with van der Waals surface area (Å²) >= 11 is 16.1. The molecule has 0 aliphatic heterocycles. The van der Waals surface area contributed by atoms with E-state index in [-0.39, 0.29) is 11.4 Å². The molecule has 0 unspecified atom stereocenters. The van der Waals surface area contributed by atoms with E-state index >= 15 is 0 Å². The number of rotatable bonds is 6. The first-order valence-electron chi connectivity index (χ1n) is 10.9. The number of benzene rings is 3. The quantitative estimate of drug-likeness (QED) is 0.197. The number of aromatic nitrogens is 2. The standard InChI is InChI=1S/C26H18BrCl2N3O4/c1-3-35-20-12-15(22(27)23(29)24(20)34-2)13-30-32-25(31-18-7-5-4-6-17(18)26(32)33)21-11-14-10-16(28)8-9-19(14)36-21/h4-13H,3H2,1-2H3. The number of hydrogen-bond acceptors (Lipinski definition) is 6. The van der Waals surface area contributed by atoms with Crippen LogP contribution in [0.15, 0.2) is 73.4 Å². The zero-order chi connectivity index (χ0) is 25.4. The zero-order valence-electron chi connectivity index (χ0n) is 19.1. The molecular weight excluding hydrogens is 569 g/mol. The summed E-state index contributed by atoms with van der Waals surface area (Å²) in [4.78, 5) is 18.2. The molecule has 3 aromatic carbocycles. The molecule has 0 amide bonds. The third-order valence-electron chi connectivity index (χ3n) is 5.42. The maximum absolute atomic E-state index is 13.5. The van der Waals surface area contributed by atoms with E-state index in [0.717, 1.165) is 5.39 Å². The number of nitrogens with zero attached hydrogens (tertiary/aromatic N) is 3. The fourth-order valence-electron chi connectivity index (χ4n) is 3.79. The van der Waals surface area contributed by atoms with Gasteiger partial charge in [-0.2, -0.15) is 9.78 Å². The molecule has 182 valence electrons. The van der Waals surface area contributed by atoms with Gasteiger partial charge < -0.3 is 13.9 Å². The van der Waals surface area contributed by atoms with Gasteiger partial charge in [-0.15, -0.1) is 0 Å². The largest absolute Gasteiger partial charge is 0.491 e. The minimum Gasteiger partial charge on any atom is -0.491 e. The van der Waals surface area contributed by atoms with Crippen molar-refractivity contribution in [1.29, 1.82) is 0 Å². The van der Waals surface area contributed by atoms with Crippen molar-refractivity contribution < 1.29 is 13.9 Å². The van der Waals surface area contributed by atoms with Gasteiger partial charge in [0.1, 0.15) is 10.6 Å². The highest BCUT2D eigenvalue weighted by Gasteiger charge is 2.19. The highest BCUT2D eigenvalue weighted by Crippen LogP contribution is 2.42. The summed E-state index contributed by atoms with van der Waals surface area (Å²) < 4.78 is 18.8. The lowest BCUT2D eigenvalue weighted by atomic mass is 10.2. The molecule has 0 saturated heterocycles. The third-order valence-corrected chi connectivity index (χ3v) is 7.10. The Balaban J connectivity index is 1.72. The smallest absolute Gasteiger partial charge is 0.282 e. The summed E-state index contributed by atoms with van der Waals surface area (Å²) in [6.07, 6.45) is 1.50. The van der Waals surface area contributed by atoms with Gasteiger partial charge in [-0.1, -0.05) is 35.3 Å². The first-order valence-corrected chi connectivity index (χ1v) is 12.4. The topological polar surface area (TPSA) is 78.9 Å². The molecule has 0 radical (unpaired) electrons. The Kier molecular flexibility index (Phi) is 6.75. The molecule has 5 rings (SSSR count). The summed E-state index contributed by atoms with van der Waals surface area (Å²) in [5.41, 5.74) is 1.35. The van der Waals surface area contributed by atoms with E-state index in [1.807, 2.05) is 13.0 Å². The third kappa shape index (κ3) is 4.36. The van der Waals surface area contributed by atoms with Gasteiger partial charge >= 0.3 is 0 Å². The average Bonchev–Trinajstić information content (AvgIpc) is 3.29. The van der Waals surface area contributed by atoms with E-state index < -0.39 is 0 Å². The van der Waals surface area contributed by atoms with Gasteiger partial charge in [-0.05, 0) is 65.3 Å². The van der Waals surface area contributed by atoms with Crippen molar-refractivity contribution in [1.82, 2.24) is 9.66 Å². The lowest BCUT2D eigenvalue weighted by molar-refractivity contribution is 0.311. The van der Waals surface area contributed by atoms with E-state index in [0.29, 0.717) is 60.4 Å². The summed E-state index contributed by atoms with van der Waals surface area (Å²) in [5, 5.41) is 6.58. The van der Waals surface area contributed by atoms with Crippen LogP contribution in [0.4, 0.5) is 0 Å². The second kappa shape index (κ2) is 9.97. The monoisotopic (exact) mass is 585 g/mol. The van der Waals surface area contributed by atoms with Crippen LogP contribution in [-0.4, -0.2) is 29.6 Å². The van der Waals surface area contributed by atoms with Crippen LogP contribution in [0.1, 0.15) is 12.5 Å². The van der Waals surface area contributed by atoms with Crippen molar-refractivity contribution in [3.05, 3.63) is 85.0 Å². The van der Waals surface area contributed by atoms with E-state index in [1.54, 1.807) is 48.5 Å². The van der Waals surface area contributed by atoms with Crippen molar-refractivity contribution in [2.75, 3.05) is 13.7 Å². The van der Waals surface area contributed by atoms with Crippen molar-refractivity contribution in [2.45, 2.75) is 6.92 Å². The molecule has 2 aromatic heterocycles. The number of para-hydroxylation sites is 1. The van der Waals surface area contributed by atoms with Gasteiger partial charge in [0.2, 0.25) is 5.82 Å². The van der Waals surface area contributed by atoms with Crippen LogP contribution in [0.25, 0.3) is 33.5 Å². The average molecular weight is 587 g/mol. The molecule has 0 fully saturated rings. The van der Waals surface area contributed by atoms with E-state index in [1.165, 1.54) is 18.0 Å². The van der Waals surface area contributed by atoms with Gasteiger partial charge in [0.15, 0.2) is 17.3 Å². The van der Waals surface area contributed by atoms with E-state index in [4.69, 9.17) is 42.1 Å². The van der Waals surface area contributed by atoms with Crippen LogP contribution < -0.4 is 15.0 Å². The second-order valence-electron chi connectivity index (χ2n) is 7.67. The number of hydrogen-bond donors (Lipinski definition) is 0. The molecule has 0 saturated carbocycles. The molecule has 5 aromatic rings. The summed E-state index contributed by atoms with van der Waals surface area (Å²) in [7, 11) is 1.51. The molecule has 0 atom stereocenters. The second-order valence-corrected chi connectivity index (χ2v) is 9.27. The number of ether oxygens (including phenoxy) is 2. The Morgan fingerprint density at radius 3 is 2.75 bits per heavy atom. The fourth-order valence-corrected chi connectivity index (χ4v) is 4.64. The lowest BCUT2D eigenvalue weighted by Gasteiger charge is -2.14.